The lowest BCUT2D eigenvalue weighted by atomic mass is 9.93. The predicted octanol–water partition coefficient (Wildman–Crippen LogP) is 2.20. The summed E-state index contributed by atoms with van der Waals surface area (Å²) in [5.74, 6) is 0.582. The van der Waals surface area contributed by atoms with Crippen LogP contribution in [0.15, 0.2) is 18.2 Å². The van der Waals surface area contributed by atoms with Gasteiger partial charge in [-0.15, -0.1) is 0 Å². The Morgan fingerprint density at radius 2 is 2.24 bits per heavy atom. The number of hydrogen-bond donors (Lipinski definition) is 1. The van der Waals surface area contributed by atoms with E-state index in [0.717, 1.165) is 24.9 Å². The van der Waals surface area contributed by atoms with Gasteiger partial charge in [-0.05, 0) is 37.3 Å². The number of rotatable bonds is 5. The van der Waals surface area contributed by atoms with E-state index in [1.165, 1.54) is 7.11 Å². The second-order valence-electron chi connectivity index (χ2n) is 5.67. The third kappa shape index (κ3) is 3.71. The van der Waals surface area contributed by atoms with Crippen molar-refractivity contribution in [3.8, 4) is 5.75 Å². The Hall–Kier alpha value is -1.66. The number of nitro groups is 1. The SMILES string of the molecule is COc1ccc(CN2CC(CO)CCC2C)cc1[N+](=O)[O-]. The molecule has 0 spiro atoms. The average molecular weight is 294 g/mol. The molecule has 2 unspecified atom stereocenters. The average Bonchev–Trinajstić information content (AvgIpc) is 2.49. The number of aliphatic hydroxyl groups is 1. The third-order valence-corrected chi connectivity index (χ3v) is 4.19. The van der Waals surface area contributed by atoms with Crippen molar-refractivity contribution in [2.24, 2.45) is 5.92 Å². The van der Waals surface area contributed by atoms with Gasteiger partial charge < -0.3 is 9.84 Å². The van der Waals surface area contributed by atoms with E-state index in [9.17, 15) is 15.2 Å². The fourth-order valence-corrected chi connectivity index (χ4v) is 2.84. The van der Waals surface area contributed by atoms with Crippen LogP contribution in [0.3, 0.4) is 0 Å². The highest BCUT2D eigenvalue weighted by molar-refractivity contribution is 5.48. The molecule has 6 heteroatoms. The molecule has 0 aromatic heterocycles. The van der Waals surface area contributed by atoms with Crippen molar-refractivity contribution in [3.63, 3.8) is 0 Å². The molecule has 1 aromatic rings. The summed E-state index contributed by atoms with van der Waals surface area (Å²) < 4.78 is 5.02. The van der Waals surface area contributed by atoms with E-state index in [4.69, 9.17) is 4.74 Å². The highest BCUT2D eigenvalue weighted by Gasteiger charge is 2.25. The van der Waals surface area contributed by atoms with Gasteiger partial charge in [0.1, 0.15) is 0 Å². The Balaban J connectivity index is 2.15. The van der Waals surface area contributed by atoms with E-state index in [1.54, 1.807) is 12.1 Å². The van der Waals surface area contributed by atoms with Gasteiger partial charge in [0.15, 0.2) is 5.75 Å². The van der Waals surface area contributed by atoms with Crippen molar-refractivity contribution in [2.45, 2.75) is 32.4 Å². The predicted molar refractivity (Wildman–Crippen MR) is 79.3 cm³/mol. The van der Waals surface area contributed by atoms with Crippen LogP contribution in [-0.2, 0) is 6.54 Å². The molecule has 1 heterocycles. The summed E-state index contributed by atoms with van der Waals surface area (Å²) in [7, 11) is 1.43. The van der Waals surface area contributed by atoms with E-state index >= 15 is 0 Å². The molecular formula is C15H22N2O4. The Morgan fingerprint density at radius 3 is 2.86 bits per heavy atom. The first-order valence-electron chi connectivity index (χ1n) is 7.21. The molecule has 2 rings (SSSR count). The second kappa shape index (κ2) is 6.87. The number of nitro benzene ring substituents is 1. The van der Waals surface area contributed by atoms with Gasteiger partial charge in [-0.2, -0.15) is 0 Å². The van der Waals surface area contributed by atoms with Gasteiger partial charge in [0.05, 0.1) is 12.0 Å². The zero-order valence-corrected chi connectivity index (χ0v) is 12.5. The van der Waals surface area contributed by atoms with Crippen LogP contribution in [-0.4, -0.2) is 41.2 Å². The molecule has 0 saturated carbocycles. The van der Waals surface area contributed by atoms with Crippen LogP contribution in [0.5, 0.6) is 5.75 Å². The van der Waals surface area contributed by atoms with Crippen LogP contribution in [0.2, 0.25) is 0 Å². The summed E-state index contributed by atoms with van der Waals surface area (Å²) in [5, 5.41) is 20.4. The molecule has 1 saturated heterocycles. The molecule has 2 atom stereocenters. The van der Waals surface area contributed by atoms with E-state index in [0.29, 0.717) is 18.5 Å². The Kier molecular flexibility index (Phi) is 5.14. The molecule has 0 aliphatic carbocycles. The fraction of sp³-hybridized carbons (Fsp3) is 0.600. The molecule has 0 bridgehead atoms. The standard InChI is InChI=1S/C15H22N2O4/c1-11-3-4-13(10-18)9-16(11)8-12-5-6-15(21-2)14(7-12)17(19)20/h5-7,11,13,18H,3-4,8-10H2,1-2H3. The quantitative estimate of drug-likeness (QED) is 0.665. The van der Waals surface area contributed by atoms with E-state index in [2.05, 4.69) is 11.8 Å². The number of likely N-dealkylation sites (tertiary alicyclic amines) is 1. The normalized spacial score (nSPS) is 23.0. The monoisotopic (exact) mass is 294 g/mol. The van der Waals surface area contributed by atoms with Crippen LogP contribution < -0.4 is 4.74 Å². The first kappa shape index (κ1) is 15.7. The van der Waals surface area contributed by atoms with E-state index in [1.807, 2.05) is 6.07 Å². The van der Waals surface area contributed by atoms with Crippen molar-refractivity contribution in [2.75, 3.05) is 20.3 Å². The molecule has 116 valence electrons. The summed E-state index contributed by atoms with van der Waals surface area (Å²) in [4.78, 5) is 12.9. The van der Waals surface area contributed by atoms with Crippen molar-refractivity contribution < 1.29 is 14.8 Å². The number of ether oxygens (including phenoxy) is 1. The largest absolute Gasteiger partial charge is 0.490 e. The van der Waals surface area contributed by atoms with Gasteiger partial charge in [0, 0.05) is 31.8 Å². The number of methoxy groups -OCH3 is 1. The molecule has 21 heavy (non-hydrogen) atoms. The number of hydrogen-bond acceptors (Lipinski definition) is 5. The van der Waals surface area contributed by atoms with Crippen molar-refractivity contribution >= 4 is 5.69 Å². The number of nitrogens with zero attached hydrogens (tertiary/aromatic N) is 2. The maximum atomic E-state index is 11.1. The van der Waals surface area contributed by atoms with Crippen molar-refractivity contribution in [3.05, 3.63) is 33.9 Å². The summed E-state index contributed by atoms with van der Waals surface area (Å²) in [6, 6.07) is 5.51. The molecule has 1 aromatic carbocycles. The Bertz CT molecular complexity index is 506. The fourth-order valence-electron chi connectivity index (χ4n) is 2.84. The van der Waals surface area contributed by atoms with Crippen LogP contribution >= 0.6 is 0 Å². The first-order chi connectivity index (χ1) is 10.0. The zero-order chi connectivity index (χ0) is 15.4. The molecule has 0 amide bonds. The number of aliphatic hydroxyl groups excluding tert-OH is 1. The Morgan fingerprint density at radius 1 is 1.48 bits per heavy atom. The lowest BCUT2D eigenvalue weighted by Crippen LogP contribution is -2.42. The van der Waals surface area contributed by atoms with Crippen LogP contribution in [0, 0.1) is 16.0 Å². The maximum Gasteiger partial charge on any atom is 0.311 e. The molecule has 6 nitrogen and oxygen atoms in total. The van der Waals surface area contributed by atoms with Gasteiger partial charge in [-0.25, -0.2) is 0 Å². The van der Waals surface area contributed by atoms with Gasteiger partial charge in [-0.3, -0.25) is 15.0 Å². The van der Waals surface area contributed by atoms with Gasteiger partial charge in [-0.1, -0.05) is 6.07 Å². The summed E-state index contributed by atoms with van der Waals surface area (Å²) >= 11 is 0. The summed E-state index contributed by atoms with van der Waals surface area (Å²) in [5.41, 5.74) is 0.895. The van der Waals surface area contributed by atoms with Crippen molar-refractivity contribution in [1.29, 1.82) is 0 Å². The van der Waals surface area contributed by atoms with Crippen LogP contribution in [0.4, 0.5) is 5.69 Å². The first-order valence-corrected chi connectivity index (χ1v) is 7.21. The number of benzene rings is 1. The lowest BCUT2D eigenvalue weighted by Gasteiger charge is -2.37. The molecule has 1 fully saturated rings. The summed E-state index contributed by atoms with van der Waals surface area (Å²) in [6.07, 6.45) is 2.08. The van der Waals surface area contributed by atoms with Crippen molar-refractivity contribution in [1.82, 2.24) is 4.90 Å². The van der Waals surface area contributed by atoms with Gasteiger partial charge in [0.25, 0.3) is 0 Å². The summed E-state index contributed by atoms with van der Waals surface area (Å²) in [6.45, 7) is 3.84. The minimum atomic E-state index is -0.418. The van der Waals surface area contributed by atoms with E-state index < -0.39 is 4.92 Å². The topological polar surface area (TPSA) is 75.8 Å². The van der Waals surface area contributed by atoms with Crippen LogP contribution in [0.1, 0.15) is 25.3 Å². The zero-order valence-electron chi connectivity index (χ0n) is 12.5. The lowest BCUT2D eigenvalue weighted by molar-refractivity contribution is -0.385. The highest BCUT2D eigenvalue weighted by atomic mass is 16.6. The third-order valence-electron chi connectivity index (χ3n) is 4.19. The molecule has 1 N–H and O–H groups in total. The molecule has 1 aliphatic rings. The van der Waals surface area contributed by atoms with Crippen LogP contribution in [0.25, 0.3) is 0 Å². The molecular weight excluding hydrogens is 272 g/mol. The number of piperidine rings is 1. The second-order valence-corrected chi connectivity index (χ2v) is 5.67. The minimum Gasteiger partial charge on any atom is -0.490 e. The van der Waals surface area contributed by atoms with Gasteiger partial charge in [0.2, 0.25) is 0 Å². The Labute approximate surface area is 124 Å². The maximum absolute atomic E-state index is 11.1. The van der Waals surface area contributed by atoms with E-state index in [-0.39, 0.29) is 18.0 Å². The van der Waals surface area contributed by atoms with Gasteiger partial charge >= 0.3 is 5.69 Å². The molecule has 1 aliphatic heterocycles. The highest BCUT2D eigenvalue weighted by Crippen LogP contribution is 2.29. The minimum absolute atomic E-state index is 0.00151. The molecule has 0 radical (unpaired) electrons. The smallest absolute Gasteiger partial charge is 0.311 e.